The summed E-state index contributed by atoms with van der Waals surface area (Å²) in [4.78, 5) is 12.7. The minimum Gasteiger partial charge on any atom is -0.329 e. The molecule has 1 amide bonds. The summed E-state index contributed by atoms with van der Waals surface area (Å²) in [6.07, 6.45) is 3.64. The topological polar surface area (TPSA) is 101 Å². The molecule has 4 N–H and O–H groups in total. The maximum atomic E-state index is 12.5. The third kappa shape index (κ3) is 4.10. The molecule has 128 valence electrons. The second-order valence-electron chi connectivity index (χ2n) is 6.45. The zero-order valence-corrected chi connectivity index (χ0v) is 14.4. The highest BCUT2D eigenvalue weighted by atomic mass is 32.2. The van der Waals surface area contributed by atoms with E-state index in [-0.39, 0.29) is 16.8 Å². The number of hydrogen-bond acceptors (Lipinski definition) is 4. The van der Waals surface area contributed by atoms with Gasteiger partial charge in [0.1, 0.15) is 0 Å². The molecule has 1 aromatic rings. The minimum atomic E-state index is -3.52. The molecule has 23 heavy (non-hydrogen) atoms. The Hall–Kier alpha value is -1.44. The van der Waals surface area contributed by atoms with Gasteiger partial charge in [0.15, 0.2) is 0 Å². The van der Waals surface area contributed by atoms with Gasteiger partial charge in [0, 0.05) is 18.3 Å². The molecule has 0 radical (unpaired) electrons. The summed E-state index contributed by atoms with van der Waals surface area (Å²) in [5, 5.41) is 2.86. The highest BCUT2D eigenvalue weighted by molar-refractivity contribution is 7.89. The first-order valence-electron chi connectivity index (χ1n) is 7.93. The van der Waals surface area contributed by atoms with Crippen molar-refractivity contribution in [3.8, 4) is 0 Å². The molecule has 7 heteroatoms. The number of hydrogen-bond donors (Lipinski definition) is 3. The van der Waals surface area contributed by atoms with Gasteiger partial charge in [-0.25, -0.2) is 13.1 Å². The lowest BCUT2D eigenvalue weighted by Gasteiger charge is -2.25. The first-order valence-corrected chi connectivity index (χ1v) is 9.41. The Morgan fingerprint density at radius 3 is 2.26 bits per heavy atom. The second-order valence-corrected chi connectivity index (χ2v) is 8.16. The highest BCUT2D eigenvalue weighted by Crippen LogP contribution is 2.38. The van der Waals surface area contributed by atoms with Crippen LogP contribution in [0.5, 0.6) is 0 Å². The van der Waals surface area contributed by atoms with E-state index in [1.807, 2.05) is 0 Å². The summed E-state index contributed by atoms with van der Waals surface area (Å²) >= 11 is 0. The number of carbonyl (C=O) groups excluding carboxylic acids is 1. The molecule has 0 spiro atoms. The minimum absolute atomic E-state index is 0.0755. The fraction of sp³-hybridized carbons (Fsp3) is 0.562. The fourth-order valence-corrected chi connectivity index (χ4v) is 4.19. The lowest BCUT2D eigenvalue weighted by molar-refractivity contribution is -0.124. The third-order valence-corrected chi connectivity index (χ3v) is 5.92. The summed E-state index contributed by atoms with van der Waals surface area (Å²) in [6.45, 7) is 3.86. The number of carbonyl (C=O) groups is 1. The van der Waals surface area contributed by atoms with E-state index in [1.54, 1.807) is 26.0 Å². The molecule has 1 aromatic carbocycles. The summed E-state index contributed by atoms with van der Waals surface area (Å²) in [7, 11) is -3.52. The van der Waals surface area contributed by atoms with Gasteiger partial charge in [-0.15, -0.1) is 0 Å². The largest absolute Gasteiger partial charge is 0.329 e. The molecule has 0 aliphatic heterocycles. The quantitative estimate of drug-likeness (QED) is 0.736. The van der Waals surface area contributed by atoms with E-state index in [0.29, 0.717) is 12.2 Å². The van der Waals surface area contributed by atoms with Crippen molar-refractivity contribution in [2.24, 2.45) is 11.1 Å². The van der Waals surface area contributed by atoms with Crippen LogP contribution in [0.25, 0.3) is 0 Å². The predicted molar refractivity (Wildman–Crippen MR) is 90.5 cm³/mol. The van der Waals surface area contributed by atoms with E-state index in [9.17, 15) is 13.2 Å². The summed E-state index contributed by atoms with van der Waals surface area (Å²) in [6, 6.07) is 6.01. The van der Waals surface area contributed by atoms with E-state index >= 15 is 0 Å². The van der Waals surface area contributed by atoms with Crippen molar-refractivity contribution in [2.45, 2.75) is 50.5 Å². The molecular weight excluding hydrogens is 314 g/mol. The van der Waals surface area contributed by atoms with Gasteiger partial charge in [-0.2, -0.15) is 0 Å². The monoisotopic (exact) mass is 339 g/mol. The van der Waals surface area contributed by atoms with Crippen molar-refractivity contribution >= 4 is 21.6 Å². The van der Waals surface area contributed by atoms with Crippen LogP contribution in [0.2, 0.25) is 0 Å². The van der Waals surface area contributed by atoms with Gasteiger partial charge in [-0.3, -0.25) is 4.79 Å². The van der Waals surface area contributed by atoms with Crippen molar-refractivity contribution in [1.82, 2.24) is 4.72 Å². The molecule has 1 aliphatic rings. The Morgan fingerprint density at radius 2 is 1.78 bits per heavy atom. The molecule has 0 atom stereocenters. The van der Waals surface area contributed by atoms with Gasteiger partial charge in [-0.05, 0) is 51.0 Å². The van der Waals surface area contributed by atoms with Gasteiger partial charge >= 0.3 is 0 Å². The fourth-order valence-electron chi connectivity index (χ4n) is 2.94. The normalized spacial score (nSPS) is 17.4. The third-order valence-electron chi connectivity index (χ3n) is 4.25. The zero-order valence-electron chi connectivity index (χ0n) is 13.6. The SMILES string of the molecule is CC(C)NS(=O)(=O)c1ccc(NC(=O)C2(CN)CCCC2)cc1. The first kappa shape index (κ1) is 17.9. The number of nitrogens with one attached hydrogen (secondary N) is 2. The molecule has 0 bridgehead atoms. The number of sulfonamides is 1. The van der Waals surface area contributed by atoms with Crippen molar-refractivity contribution in [3.05, 3.63) is 24.3 Å². The molecule has 1 saturated carbocycles. The molecule has 0 unspecified atom stereocenters. The lowest BCUT2D eigenvalue weighted by atomic mass is 9.85. The predicted octanol–water partition coefficient (Wildman–Crippen LogP) is 1.83. The van der Waals surface area contributed by atoms with Crippen LogP contribution < -0.4 is 15.8 Å². The Bertz CT molecular complexity index is 648. The van der Waals surface area contributed by atoms with Crippen LogP contribution in [0, 0.1) is 5.41 Å². The Balaban J connectivity index is 2.10. The van der Waals surface area contributed by atoms with Gasteiger partial charge in [0.2, 0.25) is 15.9 Å². The van der Waals surface area contributed by atoms with Crippen molar-refractivity contribution < 1.29 is 13.2 Å². The van der Waals surface area contributed by atoms with Crippen LogP contribution in [0.1, 0.15) is 39.5 Å². The van der Waals surface area contributed by atoms with Crippen LogP contribution in [0.15, 0.2) is 29.2 Å². The molecule has 6 nitrogen and oxygen atoms in total. The Labute approximate surface area is 137 Å². The van der Waals surface area contributed by atoms with E-state index < -0.39 is 15.4 Å². The maximum Gasteiger partial charge on any atom is 0.240 e. The molecule has 1 aliphatic carbocycles. The average Bonchev–Trinajstić information content (AvgIpc) is 2.96. The van der Waals surface area contributed by atoms with Crippen LogP contribution in [-0.2, 0) is 14.8 Å². The van der Waals surface area contributed by atoms with Crippen molar-refractivity contribution in [1.29, 1.82) is 0 Å². The number of anilines is 1. The van der Waals surface area contributed by atoms with Gasteiger partial charge in [-0.1, -0.05) is 12.8 Å². The maximum absolute atomic E-state index is 12.5. The number of amides is 1. The van der Waals surface area contributed by atoms with Crippen LogP contribution >= 0.6 is 0 Å². The first-order chi connectivity index (χ1) is 10.8. The van der Waals surface area contributed by atoms with Gasteiger partial charge < -0.3 is 11.1 Å². The van der Waals surface area contributed by atoms with E-state index in [1.165, 1.54) is 12.1 Å². The van der Waals surface area contributed by atoms with Crippen LogP contribution in [-0.4, -0.2) is 26.9 Å². The zero-order chi connectivity index (χ0) is 17.1. The molecule has 0 saturated heterocycles. The van der Waals surface area contributed by atoms with Crippen molar-refractivity contribution in [3.63, 3.8) is 0 Å². The van der Waals surface area contributed by atoms with Crippen molar-refractivity contribution in [2.75, 3.05) is 11.9 Å². The number of rotatable bonds is 6. The molecule has 0 heterocycles. The van der Waals surface area contributed by atoms with Gasteiger partial charge in [0.25, 0.3) is 0 Å². The number of benzene rings is 1. The Kier molecular flexibility index (Phi) is 5.44. The highest BCUT2D eigenvalue weighted by Gasteiger charge is 2.39. The summed E-state index contributed by atoms with van der Waals surface area (Å²) in [5.41, 5.74) is 5.90. The van der Waals surface area contributed by atoms with E-state index in [4.69, 9.17) is 5.73 Å². The van der Waals surface area contributed by atoms with E-state index in [2.05, 4.69) is 10.0 Å². The van der Waals surface area contributed by atoms with E-state index in [0.717, 1.165) is 25.7 Å². The second kappa shape index (κ2) is 6.98. The molecule has 0 aromatic heterocycles. The van der Waals surface area contributed by atoms with Gasteiger partial charge in [0.05, 0.1) is 10.3 Å². The van der Waals surface area contributed by atoms with Crippen LogP contribution in [0.4, 0.5) is 5.69 Å². The smallest absolute Gasteiger partial charge is 0.240 e. The summed E-state index contributed by atoms with van der Waals surface area (Å²) in [5.74, 6) is -0.0755. The molecular formula is C16H25N3O3S. The molecule has 1 fully saturated rings. The van der Waals surface area contributed by atoms with Crippen LogP contribution in [0.3, 0.4) is 0 Å². The standard InChI is InChI=1S/C16H25N3O3S/c1-12(2)19-23(21,22)14-7-5-13(6-8-14)18-15(20)16(11-17)9-3-4-10-16/h5-8,12,19H,3-4,9-11,17H2,1-2H3,(H,18,20). The summed E-state index contributed by atoms with van der Waals surface area (Å²) < 4.78 is 26.7. The molecule has 2 rings (SSSR count). The average molecular weight is 339 g/mol. The Morgan fingerprint density at radius 1 is 1.22 bits per heavy atom. The number of nitrogens with two attached hydrogens (primary N) is 1. The lowest BCUT2D eigenvalue weighted by Crippen LogP contribution is -2.40.